The number of sulfone groups is 1. The number of hydrogen-bond donors (Lipinski definition) is 1. The molecule has 1 N–H and O–H groups in total. The van der Waals surface area contributed by atoms with Crippen molar-refractivity contribution in [1.82, 2.24) is 4.98 Å². The minimum Gasteiger partial charge on any atom is -0.478 e. The number of carboxylic acid groups (broad SMARTS) is 1. The molecule has 8 heteroatoms. The summed E-state index contributed by atoms with van der Waals surface area (Å²) in [4.78, 5) is 16.7. The van der Waals surface area contributed by atoms with Crippen molar-refractivity contribution in [3.63, 3.8) is 0 Å². The van der Waals surface area contributed by atoms with E-state index in [1.54, 1.807) is 4.90 Å². The highest BCUT2D eigenvalue weighted by Gasteiger charge is 2.25. The van der Waals surface area contributed by atoms with E-state index in [4.69, 9.17) is 16.7 Å². The highest BCUT2D eigenvalue weighted by atomic mass is 35.5. The van der Waals surface area contributed by atoms with Crippen LogP contribution in [-0.4, -0.2) is 49.1 Å². The zero-order chi connectivity index (χ0) is 13.3. The molecule has 0 spiro atoms. The SMILES string of the molecule is O=C(O)c1ccc(Cl)nc1N1CCS(=O)(=O)CC1. The van der Waals surface area contributed by atoms with Gasteiger partial charge in [0.05, 0.1) is 11.5 Å². The normalized spacial score (nSPS) is 18.6. The Kier molecular flexibility index (Phi) is 3.45. The fourth-order valence-corrected chi connectivity index (χ4v) is 3.10. The van der Waals surface area contributed by atoms with Crippen LogP contribution < -0.4 is 4.90 Å². The summed E-state index contributed by atoms with van der Waals surface area (Å²) in [5.41, 5.74) is 0.0266. The highest BCUT2D eigenvalue weighted by Crippen LogP contribution is 2.22. The van der Waals surface area contributed by atoms with Crippen molar-refractivity contribution < 1.29 is 18.3 Å². The topological polar surface area (TPSA) is 87.6 Å². The first kappa shape index (κ1) is 13.1. The molecule has 0 aliphatic carbocycles. The van der Waals surface area contributed by atoms with Crippen LogP contribution in [0.5, 0.6) is 0 Å². The van der Waals surface area contributed by atoms with Gasteiger partial charge < -0.3 is 10.0 Å². The first-order valence-corrected chi connectivity index (χ1v) is 7.44. The van der Waals surface area contributed by atoms with Crippen molar-refractivity contribution in [3.05, 3.63) is 22.8 Å². The van der Waals surface area contributed by atoms with Gasteiger partial charge in [-0.25, -0.2) is 18.2 Å². The molecule has 0 radical (unpaired) electrons. The number of aromatic nitrogens is 1. The number of aromatic carboxylic acids is 1. The third-order valence-electron chi connectivity index (χ3n) is 2.72. The molecular weight excluding hydrogens is 280 g/mol. The lowest BCUT2D eigenvalue weighted by molar-refractivity contribution is 0.0697. The van der Waals surface area contributed by atoms with E-state index in [0.29, 0.717) is 0 Å². The summed E-state index contributed by atoms with van der Waals surface area (Å²) < 4.78 is 22.6. The van der Waals surface area contributed by atoms with Crippen LogP contribution in [0.2, 0.25) is 5.15 Å². The third kappa shape index (κ3) is 2.73. The van der Waals surface area contributed by atoms with E-state index in [9.17, 15) is 13.2 Å². The Hall–Kier alpha value is -1.34. The van der Waals surface area contributed by atoms with Crippen molar-refractivity contribution >= 4 is 33.2 Å². The zero-order valence-electron chi connectivity index (χ0n) is 9.34. The molecule has 1 saturated heterocycles. The molecule has 1 aliphatic heterocycles. The number of pyridine rings is 1. The average Bonchev–Trinajstić information content (AvgIpc) is 2.28. The number of carbonyl (C=O) groups is 1. The Morgan fingerprint density at radius 3 is 2.50 bits per heavy atom. The second-order valence-corrected chi connectivity index (χ2v) is 6.64. The van der Waals surface area contributed by atoms with Gasteiger partial charge in [0.2, 0.25) is 0 Å². The smallest absolute Gasteiger partial charge is 0.339 e. The molecule has 0 amide bonds. The maximum atomic E-state index is 11.3. The molecule has 0 saturated carbocycles. The monoisotopic (exact) mass is 290 g/mol. The van der Waals surface area contributed by atoms with Gasteiger partial charge in [0.25, 0.3) is 0 Å². The van der Waals surface area contributed by atoms with Gasteiger partial charge in [-0.15, -0.1) is 0 Å². The number of halogens is 1. The van der Waals surface area contributed by atoms with Crippen molar-refractivity contribution in [2.24, 2.45) is 0 Å². The average molecular weight is 291 g/mol. The molecule has 2 heterocycles. The van der Waals surface area contributed by atoms with Gasteiger partial charge in [-0.2, -0.15) is 0 Å². The lowest BCUT2D eigenvalue weighted by atomic mass is 10.2. The molecule has 6 nitrogen and oxygen atoms in total. The van der Waals surface area contributed by atoms with Crippen LogP contribution in [0.3, 0.4) is 0 Å². The molecule has 0 aromatic carbocycles. The molecule has 18 heavy (non-hydrogen) atoms. The maximum absolute atomic E-state index is 11.3. The fraction of sp³-hybridized carbons (Fsp3) is 0.400. The number of nitrogens with zero attached hydrogens (tertiary/aromatic N) is 2. The van der Waals surface area contributed by atoms with Crippen LogP contribution in [0.4, 0.5) is 5.82 Å². The van der Waals surface area contributed by atoms with E-state index in [2.05, 4.69) is 4.98 Å². The second-order valence-electron chi connectivity index (χ2n) is 3.95. The van der Waals surface area contributed by atoms with Gasteiger partial charge in [0, 0.05) is 13.1 Å². The Morgan fingerprint density at radius 2 is 1.94 bits per heavy atom. The first-order chi connectivity index (χ1) is 8.39. The molecule has 98 valence electrons. The minimum atomic E-state index is -3.02. The molecule has 2 rings (SSSR count). The largest absolute Gasteiger partial charge is 0.478 e. The number of carboxylic acids is 1. The summed E-state index contributed by atoms with van der Waals surface area (Å²) in [5, 5.41) is 9.25. The van der Waals surface area contributed by atoms with E-state index in [-0.39, 0.29) is 41.1 Å². The van der Waals surface area contributed by atoms with Gasteiger partial charge in [-0.3, -0.25) is 0 Å². The number of hydrogen-bond acceptors (Lipinski definition) is 5. The van der Waals surface area contributed by atoms with Crippen LogP contribution in [-0.2, 0) is 9.84 Å². The molecule has 0 bridgehead atoms. The Balaban J connectivity index is 2.33. The quantitative estimate of drug-likeness (QED) is 0.806. The van der Waals surface area contributed by atoms with Gasteiger partial charge in [-0.1, -0.05) is 11.6 Å². The molecule has 0 atom stereocenters. The van der Waals surface area contributed by atoms with Gasteiger partial charge in [-0.05, 0) is 12.1 Å². The van der Waals surface area contributed by atoms with Gasteiger partial charge in [0.1, 0.15) is 16.5 Å². The molecule has 1 aromatic heterocycles. The summed E-state index contributed by atoms with van der Waals surface area (Å²) in [7, 11) is -3.02. The Labute approximate surface area is 109 Å². The Bertz CT molecular complexity index is 574. The summed E-state index contributed by atoms with van der Waals surface area (Å²) in [6, 6.07) is 2.77. The maximum Gasteiger partial charge on any atom is 0.339 e. The van der Waals surface area contributed by atoms with E-state index >= 15 is 0 Å². The first-order valence-electron chi connectivity index (χ1n) is 5.24. The lowest BCUT2D eigenvalue weighted by Gasteiger charge is -2.28. The predicted octanol–water partition coefficient (Wildman–Crippen LogP) is 0.668. The standard InChI is InChI=1S/C10H11ClN2O4S/c11-8-2-1-7(10(14)15)9(12-8)13-3-5-18(16,17)6-4-13/h1-2H,3-6H2,(H,14,15). The van der Waals surface area contributed by atoms with E-state index < -0.39 is 15.8 Å². The van der Waals surface area contributed by atoms with Crippen LogP contribution in [0, 0.1) is 0 Å². The van der Waals surface area contributed by atoms with Crippen LogP contribution in [0.1, 0.15) is 10.4 Å². The second kappa shape index (κ2) is 4.74. The summed E-state index contributed by atoms with van der Waals surface area (Å²) >= 11 is 5.75. The highest BCUT2D eigenvalue weighted by molar-refractivity contribution is 7.91. The number of anilines is 1. The summed E-state index contributed by atoms with van der Waals surface area (Å²) in [6.07, 6.45) is 0. The minimum absolute atomic E-state index is 0.000250. The predicted molar refractivity (Wildman–Crippen MR) is 67.1 cm³/mol. The molecule has 1 aromatic rings. The van der Waals surface area contributed by atoms with Crippen LogP contribution in [0.15, 0.2) is 12.1 Å². The third-order valence-corrected chi connectivity index (χ3v) is 4.54. The van der Waals surface area contributed by atoms with Crippen LogP contribution >= 0.6 is 11.6 Å². The van der Waals surface area contributed by atoms with E-state index in [1.807, 2.05) is 0 Å². The van der Waals surface area contributed by atoms with Gasteiger partial charge in [0.15, 0.2) is 9.84 Å². The molecule has 1 fully saturated rings. The Morgan fingerprint density at radius 1 is 1.33 bits per heavy atom. The van der Waals surface area contributed by atoms with Gasteiger partial charge >= 0.3 is 5.97 Å². The van der Waals surface area contributed by atoms with Crippen molar-refractivity contribution in [1.29, 1.82) is 0 Å². The fourth-order valence-electron chi connectivity index (χ4n) is 1.76. The number of rotatable bonds is 2. The molecular formula is C10H11ClN2O4S. The van der Waals surface area contributed by atoms with Crippen LogP contribution in [0.25, 0.3) is 0 Å². The lowest BCUT2D eigenvalue weighted by Crippen LogP contribution is -2.41. The summed E-state index contributed by atoms with van der Waals surface area (Å²) in [6.45, 7) is 0.464. The van der Waals surface area contributed by atoms with Crippen molar-refractivity contribution in [2.75, 3.05) is 29.5 Å². The van der Waals surface area contributed by atoms with Crippen molar-refractivity contribution in [3.8, 4) is 0 Å². The summed E-state index contributed by atoms with van der Waals surface area (Å²) in [5.74, 6) is -0.881. The molecule has 1 aliphatic rings. The van der Waals surface area contributed by atoms with E-state index in [1.165, 1.54) is 12.1 Å². The molecule has 0 unspecified atom stereocenters. The van der Waals surface area contributed by atoms with Crippen molar-refractivity contribution in [2.45, 2.75) is 0 Å². The zero-order valence-corrected chi connectivity index (χ0v) is 10.9. The van der Waals surface area contributed by atoms with E-state index in [0.717, 1.165) is 0 Å².